The minimum Gasteiger partial charge on any atom is -0.0630 e. The van der Waals surface area contributed by atoms with Crippen LogP contribution in [0.15, 0.2) is 206 Å². The minimum absolute atomic E-state index is 1.30. The summed E-state index contributed by atoms with van der Waals surface area (Å²) >= 11 is 0. The van der Waals surface area contributed by atoms with Crippen LogP contribution in [-0.4, -0.2) is 35.2 Å². The molecule has 0 heterocycles. The van der Waals surface area contributed by atoms with Gasteiger partial charge in [0.05, 0.1) is 0 Å². The Morgan fingerprint density at radius 2 is 0.273 bits per heavy atom. The molecule has 0 atom stereocenters. The summed E-state index contributed by atoms with van der Waals surface area (Å²) in [6.07, 6.45) is 0. The number of aryl methyl sites for hydroxylation is 8. The highest BCUT2D eigenvalue weighted by atomic mass is 28.3. The van der Waals surface area contributed by atoms with E-state index in [1.165, 1.54) is 86.0 Å². The summed E-state index contributed by atoms with van der Waals surface area (Å²) in [5.74, 6) is 0. The second-order valence-electron chi connectivity index (χ2n) is 19.1. The molecule has 0 N–H and O–H groups in total. The van der Waals surface area contributed by atoms with Crippen LogP contribution in [0.5, 0.6) is 0 Å². The topological polar surface area (TPSA) is 0 Å². The Hall–Kier alpha value is -6.15. The van der Waals surface area contributed by atoms with E-state index in [0.717, 1.165) is 0 Å². The number of hydrogen-bond donors (Lipinski definition) is 0. The average Bonchev–Trinajstić information content (AvgIpc) is 3.32. The molecule has 0 aliphatic rings. The molecule has 0 spiro atoms. The van der Waals surface area contributed by atoms with Gasteiger partial charge in [0.25, 0.3) is 0 Å². The van der Waals surface area contributed by atoms with Crippen molar-refractivity contribution < 1.29 is 0 Å². The standard InChI is InChI=1S/C62H62Si4/c1-43-9-25-51(26-10-43)63(52-27-11-44(2)12-28-52)59-41-61(65(55-33-17-47(5)18-34-55)56-35-19-48(6)20-36-56)62(66(57-37-21-49(7)22-38-57)58-39-23-50(8)24-40-58)42-60(59)64(53-29-13-45(3)14-30-53)54-31-15-46(4)16-32-54/h9-42,63-66H,1-8H3. The van der Waals surface area contributed by atoms with E-state index in [1.54, 1.807) is 20.7 Å². The van der Waals surface area contributed by atoms with E-state index >= 15 is 0 Å². The second-order valence-corrected chi connectivity index (χ2v) is 30.4. The summed E-state index contributed by atoms with van der Waals surface area (Å²) in [7, 11) is -8.51. The fraction of sp³-hybridized carbons (Fsp3) is 0.129. The predicted octanol–water partition coefficient (Wildman–Crippen LogP) is 5.15. The molecule has 326 valence electrons. The Balaban J connectivity index is 1.49. The third-order valence-electron chi connectivity index (χ3n) is 13.8. The van der Waals surface area contributed by atoms with Crippen LogP contribution >= 0.6 is 0 Å². The van der Waals surface area contributed by atoms with Gasteiger partial charge in [-0.05, 0) is 55.4 Å². The molecule has 0 unspecified atom stereocenters. The lowest BCUT2D eigenvalue weighted by Gasteiger charge is -2.32. The van der Waals surface area contributed by atoms with Gasteiger partial charge >= 0.3 is 0 Å². The summed E-state index contributed by atoms with van der Waals surface area (Å²) in [5.41, 5.74) is 10.4. The molecular formula is C62H62Si4. The number of rotatable bonds is 12. The SMILES string of the molecule is Cc1ccc([SiH](c2ccc(C)cc2)c2cc([SiH](c3ccc(C)cc3)c3ccc(C)cc3)c([SiH](c3ccc(C)cc3)c3ccc(C)cc3)cc2[SiH](c2ccc(C)cc2)c2ccc(C)cc2)cc1. The van der Waals surface area contributed by atoms with Crippen LogP contribution in [0.2, 0.25) is 0 Å². The third kappa shape index (κ3) is 9.84. The number of benzene rings is 9. The van der Waals surface area contributed by atoms with Crippen molar-refractivity contribution >= 4 is 97.4 Å². The summed E-state index contributed by atoms with van der Waals surface area (Å²) in [5, 5.41) is 18.1. The van der Waals surface area contributed by atoms with E-state index in [0.29, 0.717) is 0 Å². The summed E-state index contributed by atoms with van der Waals surface area (Å²) in [6, 6.07) is 82.7. The normalized spacial score (nSPS) is 11.6. The Bertz CT molecular complexity index is 2440. The molecule has 0 aliphatic heterocycles. The van der Waals surface area contributed by atoms with Gasteiger partial charge in [-0.15, -0.1) is 0 Å². The van der Waals surface area contributed by atoms with E-state index in [1.807, 2.05) is 0 Å². The van der Waals surface area contributed by atoms with Crippen LogP contribution in [0.3, 0.4) is 0 Å². The smallest absolute Gasteiger partial charge is 0.0630 e. The maximum atomic E-state index is 2.85. The molecule has 4 heteroatoms. The van der Waals surface area contributed by atoms with Crippen molar-refractivity contribution in [1.29, 1.82) is 0 Å². The lowest BCUT2D eigenvalue weighted by Crippen LogP contribution is -2.71. The maximum Gasteiger partial charge on any atom is 0.132 e. The summed E-state index contributed by atoms with van der Waals surface area (Å²) in [4.78, 5) is 0. The average molecular weight is 920 g/mol. The molecule has 0 saturated carbocycles. The minimum atomic E-state index is -2.13. The van der Waals surface area contributed by atoms with Gasteiger partial charge in [-0.3, -0.25) is 0 Å². The Morgan fingerprint density at radius 3 is 0.379 bits per heavy atom. The van der Waals surface area contributed by atoms with Crippen molar-refractivity contribution in [2.24, 2.45) is 0 Å². The molecule has 0 aliphatic carbocycles. The molecular weight excluding hydrogens is 857 g/mol. The third-order valence-corrected chi connectivity index (χ3v) is 27.4. The van der Waals surface area contributed by atoms with Crippen LogP contribution in [0.4, 0.5) is 0 Å². The molecule has 0 aromatic heterocycles. The van der Waals surface area contributed by atoms with Gasteiger partial charge < -0.3 is 0 Å². The van der Waals surface area contributed by atoms with Gasteiger partial charge in [-0.1, -0.05) is 313 Å². The lowest BCUT2D eigenvalue weighted by atomic mass is 10.2. The molecule has 66 heavy (non-hydrogen) atoms. The molecule has 0 nitrogen and oxygen atoms in total. The van der Waals surface area contributed by atoms with E-state index in [2.05, 4.69) is 262 Å². The van der Waals surface area contributed by atoms with Gasteiger partial charge in [0.1, 0.15) is 35.2 Å². The van der Waals surface area contributed by atoms with Gasteiger partial charge in [0, 0.05) is 0 Å². The van der Waals surface area contributed by atoms with Gasteiger partial charge in [0.15, 0.2) is 0 Å². The molecule has 0 radical (unpaired) electrons. The molecule has 0 saturated heterocycles. The zero-order valence-corrected chi connectivity index (χ0v) is 44.6. The van der Waals surface area contributed by atoms with Gasteiger partial charge in [-0.2, -0.15) is 0 Å². The highest BCUT2D eigenvalue weighted by Crippen LogP contribution is 2.08. The first-order chi connectivity index (χ1) is 32.0. The van der Waals surface area contributed by atoms with Crippen molar-refractivity contribution in [2.45, 2.75) is 55.4 Å². The Kier molecular flexibility index (Phi) is 13.5. The second kappa shape index (κ2) is 19.8. The van der Waals surface area contributed by atoms with Gasteiger partial charge in [0.2, 0.25) is 0 Å². The summed E-state index contributed by atoms with van der Waals surface area (Å²) in [6.45, 7) is 17.8. The van der Waals surface area contributed by atoms with E-state index in [4.69, 9.17) is 0 Å². The largest absolute Gasteiger partial charge is 0.132 e. The monoisotopic (exact) mass is 918 g/mol. The zero-order chi connectivity index (χ0) is 45.9. The first kappa shape index (κ1) is 45.0. The van der Waals surface area contributed by atoms with Crippen LogP contribution in [0.1, 0.15) is 44.5 Å². The molecule has 0 bridgehead atoms. The highest BCUT2D eigenvalue weighted by Gasteiger charge is 2.35. The zero-order valence-electron chi connectivity index (χ0n) is 39.9. The van der Waals surface area contributed by atoms with Crippen LogP contribution in [-0.2, 0) is 0 Å². The number of hydrogen-bond acceptors (Lipinski definition) is 0. The molecule has 9 rings (SSSR count). The van der Waals surface area contributed by atoms with Crippen molar-refractivity contribution in [3.05, 3.63) is 251 Å². The molecule has 0 amide bonds. The highest BCUT2D eigenvalue weighted by molar-refractivity contribution is 7.07. The van der Waals surface area contributed by atoms with Crippen molar-refractivity contribution in [3.8, 4) is 0 Å². The van der Waals surface area contributed by atoms with Gasteiger partial charge in [-0.25, -0.2) is 0 Å². The van der Waals surface area contributed by atoms with Crippen molar-refractivity contribution in [2.75, 3.05) is 0 Å². The maximum absolute atomic E-state index is 2.85. The quantitative estimate of drug-likeness (QED) is 0.118. The van der Waals surface area contributed by atoms with E-state index < -0.39 is 35.2 Å². The fourth-order valence-electron chi connectivity index (χ4n) is 9.95. The van der Waals surface area contributed by atoms with Crippen LogP contribution < -0.4 is 62.2 Å². The van der Waals surface area contributed by atoms with E-state index in [-0.39, 0.29) is 0 Å². The van der Waals surface area contributed by atoms with Crippen molar-refractivity contribution in [3.63, 3.8) is 0 Å². The van der Waals surface area contributed by atoms with Crippen LogP contribution in [0.25, 0.3) is 0 Å². The predicted molar refractivity (Wildman–Crippen MR) is 300 cm³/mol. The Labute approximate surface area is 401 Å². The molecule has 9 aromatic rings. The first-order valence-electron chi connectivity index (χ1n) is 23.7. The molecule has 0 fully saturated rings. The summed E-state index contributed by atoms with van der Waals surface area (Å²) < 4.78 is 0. The molecule has 9 aromatic carbocycles. The van der Waals surface area contributed by atoms with E-state index in [9.17, 15) is 0 Å². The van der Waals surface area contributed by atoms with Crippen LogP contribution in [0, 0.1) is 55.4 Å². The fourth-order valence-corrected chi connectivity index (χ4v) is 24.4. The Morgan fingerprint density at radius 1 is 0.167 bits per heavy atom. The van der Waals surface area contributed by atoms with Crippen molar-refractivity contribution in [1.82, 2.24) is 0 Å². The lowest BCUT2D eigenvalue weighted by molar-refractivity contribution is 1.48. The first-order valence-corrected chi connectivity index (χ1v) is 30.6.